The van der Waals surface area contributed by atoms with Gasteiger partial charge in [-0.1, -0.05) is 30.0 Å². The van der Waals surface area contributed by atoms with Gasteiger partial charge in [-0.05, 0) is 36.4 Å². The van der Waals surface area contributed by atoms with E-state index in [9.17, 15) is 31.1 Å². The molecular formula is C18H10F6N2OS2. The number of aromatic nitrogens is 1. The predicted octanol–water partition coefficient (Wildman–Crippen LogP) is 5.62. The van der Waals surface area contributed by atoms with Gasteiger partial charge in [0.05, 0.1) is 27.4 Å². The van der Waals surface area contributed by atoms with E-state index in [0.29, 0.717) is 16.5 Å². The molecule has 1 fully saturated rings. The number of amides is 1. The molecule has 0 aliphatic carbocycles. The molecule has 0 N–H and O–H groups in total. The summed E-state index contributed by atoms with van der Waals surface area (Å²) in [6, 6.07) is 5.45. The molecule has 1 saturated heterocycles. The van der Waals surface area contributed by atoms with Gasteiger partial charge < -0.3 is 0 Å². The minimum Gasteiger partial charge on any atom is -0.296 e. The summed E-state index contributed by atoms with van der Waals surface area (Å²) in [5.74, 6) is -0.370. The second-order valence-electron chi connectivity index (χ2n) is 5.98. The van der Waals surface area contributed by atoms with Crippen LogP contribution in [0.3, 0.4) is 0 Å². The van der Waals surface area contributed by atoms with Crippen LogP contribution in [0.2, 0.25) is 0 Å². The molecule has 11 heteroatoms. The van der Waals surface area contributed by atoms with Gasteiger partial charge in [0.2, 0.25) is 0 Å². The van der Waals surface area contributed by atoms with Crippen molar-refractivity contribution < 1.29 is 31.1 Å². The monoisotopic (exact) mass is 448 g/mol. The number of halogens is 6. The molecule has 1 aromatic carbocycles. The highest BCUT2D eigenvalue weighted by atomic mass is 32.2. The first-order valence-electron chi connectivity index (χ1n) is 7.85. The lowest BCUT2D eigenvalue weighted by Crippen LogP contribution is -2.22. The van der Waals surface area contributed by atoms with E-state index in [1.807, 2.05) is 0 Å². The number of nitrogens with zero attached hydrogens (tertiary/aromatic N) is 2. The van der Waals surface area contributed by atoms with Crippen molar-refractivity contribution in [2.45, 2.75) is 12.4 Å². The van der Waals surface area contributed by atoms with Crippen LogP contribution in [0.1, 0.15) is 16.8 Å². The summed E-state index contributed by atoms with van der Waals surface area (Å²) in [5.41, 5.74) is -3.10. The lowest BCUT2D eigenvalue weighted by Gasteiger charge is -2.14. The van der Waals surface area contributed by atoms with Crippen LogP contribution in [0.5, 0.6) is 0 Å². The average molecular weight is 448 g/mol. The van der Waals surface area contributed by atoms with Crippen molar-refractivity contribution in [3.05, 3.63) is 58.1 Å². The molecule has 152 valence electrons. The molecular weight excluding hydrogens is 438 g/mol. The number of benzene rings is 1. The summed E-state index contributed by atoms with van der Waals surface area (Å²) < 4.78 is 78.7. The number of hydrogen-bond acceptors (Lipinski definition) is 4. The lowest BCUT2D eigenvalue weighted by atomic mass is 10.0. The van der Waals surface area contributed by atoms with Gasteiger partial charge in [-0.25, -0.2) is 4.98 Å². The van der Waals surface area contributed by atoms with Crippen LogP contribution in [-0.4, -0.2) is 27.2 Å². The minimum absolute atomic E-state index is 0.0555. The van der Waals surface area contributed by atoms with Crippen molar-refractivity contribution in [2.75, 3.05) is 7.05 Å². The first kappa shape index (κ1) is 21.3. The summed E-state index contributed by atoms with van der Waals surface area (Å²) >= 11 is 6.03. The maximum atomic E-state index is 13.1. The van der Waals surface area contributed by atoms with Gasteiger partial charge in [0.25, 0.3) is 5.91 Å². The van der Waals surface area contributed by atoms with E-state index in [4.69, 9.17) is 12.2 Å². The van der Waals surface area contributed by atoms with Gasteiger partial charge in [-0.3, -0.25) is 9.69 Å². The Morgan fingerprint density at radius 1 is 1.03 bits per heavy atom. The number of carbonyl (C=O) groups excluding carboxylic acids is 1. The number of thiocarbonyl (C=S) groups is 1. The van der Waals surface area contributed by atoms with Gasteiger partial charge >= 0.3 is 12.4 Å². The molecule has 29 heavy (non-hydrogen) atoms. The van der Waals surface area contributed by atoms with Crippen LogP contribution >= 0.6 is 24.0 Å². The Balaban J connectivity index is 2.07. The third kappa shape index (κ3) is 4.61. The first-order chi connectivity index (χ1) is 13.4. The maximum absolute atomic E-state index is 13.1. The number of pyridine rings is 1. The number of hydrogen-bond donors (Lipinski definition) is 0. The largest absolute Gasteiger partial charge is 0.416 e. The van der Waals surface area contributed by atoms with Gasteiger partial charge in [0, 0.05) is 12.6 Å². The van der Waals surface area contributed by atoms with Crippen molar-refractivity contribution in [1.82, 2.24) is 9.88 Å². The zero-order valence-electron chi connectivity index (χ0n) is 14.4. The average Bonchev–Trinajstić information content (AvgIpc) is 2.87. The third-order valence-corrected chi connectivity index (χ3v) is 5.40. The molecule has 3 nitrogen and oxygen atoms in total. The van der Waals surface area contributed by atoms with Crippen LogP contribution in [0, 0.1) is 0 Å². The number of carbonyl (C=O) groups is 1. The van der Waals surface area contributed by atoms with E-state index in [1.165, 1.54) is 36.2 Å². The Kier molecular flexibility index (Phi) is 5.48. The Morgan fingerprint density at radius 3 is 2.10 bits per heavy atom. The highest BCUT2D eigenvalue weighted by Gasteiger charge is 2.37. The van der Waals surface area contributed by atoms with Crippen molar-refractivity contribution in [3.63, 3.8) is 0 Å². The van der Waals surface area contributed by atoms with Crippen molar-refractivity contribution >= 4 is 40.3 Å². The Hall–Kier alpha value is -2.40. The van der Waals surface area contributed by atoms with Crippen LogP contribution in [-0.2, 0) is 17.1 Å². The van der Waals surface area contributed by atoms with Crippen LogP contribution in [0.25, 0.3) is 17.3 Å². The predicted molar refractivity (Wildman–Crippen MR) is 101 cm³/mol. The fraction of sp³-hybridized carbons (Fsp3) is 0.167. The lowest BCUT2D eigenvalue weighted by molar-refractivity contribution is -0.143. The second-order valence-corrected chi connectivity index (χ2v) is 7.66. The van der Waals surface area contributed by atoms with E-state index in [-0.39, 0.29) is 33.8 Å². The highest BCUT2D eigenvalue weighted by Crippen LogP contribution is 2.38. The normalized spacial score (nSPS) is 16.8. The van der Waals surface area contributed by atoms with Crippen LogP contribution in [0.4, 0.5) is 26.3 Å². The van der Waals surface area contributed by atoms with Crippen molar-refractivity contribution in [2.24, 2.45) is 0 Å². The molecule has 0 atom stereocenters. The van der Waals surface area contributed by atoms with Crippen molar-refractivity contribution in [3.8, 4) is 11.3 Å². The maximum Gasteiger partial charge on any atom is 0.416 e. The first-order valence-corrected chi connectivity index (χ1v) is 9.07. The molecule has 2 heterocycles. The molecule has 1 aromatic heterocycles. The number of thioether (sulfide) groups is 1. The van der Waals surface area contributed by atoms with E-state index in [0.717, 1.165) is 11.8 Å². The summed E-state index contributed by atoms with van der Waals surface area (Å²) in [5, 5.41) is 0. The third-order valence-electron chi connectivity index (χ3n) is 3.92. The van der Waals surface area contributed by atoms with E-state index in [1.54, 1.807) is 0 Å². The molecule has 1 aliphatic rings. The number of alkyl halides is 6. The summed E-state index contributed by atoms with van der Waals surface area (Å²) in [7, 11) is 1.49. The van der Waals surface area contributed by atoms with E-state index in [2.05, 4.69) is 4.98 Å². The molecule has 0 saturated carbocycles. The second kappa shape index (κ2) is 7.45. The standard InChI is InChI=1S/C18H10F6N2OS2/c1-26-15(27)14(29-16(26)28)8-12-3-2-4-13(25-12)9-5-10(17(19,20)21)7-11(6-9)18(22,23)24/h2-8H,1H3/b14-8-. The fourth-order valence-corrected chi connectivity index (χ4v) is 3.64. The molecule has 1 aliphatic heterocycles. The summed E-state index contributed by atoms with van der Waals surface area (Å²) in [4.78, 5) is 17.7. The van der Waals surface area contributed by atoms with Crippen LogP contribution < -0.4 is 0 Å². The van der Waals surface area contributed by atoms with Gasteiger partial charge in [-0.15, -0.1) is 0 Å². The van der Waals surface area contributed by atoms with Crippen molar-refractivity contribution in [1.29, 1.82) is 0 Å². The molecule has 0 spiro atoms. The fourth-order valence-electron chi connectivity index (χ4n) is 2.48. The molecule has 0 radical (unpaired) electrons. The quantitative estimate of drug-likeness (QED) is 0.339. The molecule has 2 aromatic rings. The van der Waals surface area contributed by atoms with Gasteiger partial charge in [0.15, 0.2) is 0 Å². The van der Waals surface area contributed by atoms with Gasteiger partial charge in [0.1, 0.15) is 4.32 Å². The topological polar surface area (TPSA) is 33.2 Å². The molecule has 0 unspecified atom stereocenters. The summed E-state index contributed by atoms with van der Waals surface area (Å²) in [6.45, 7) is 0. The Morgan fingerprint density at radius 2 is 1.62 bits per heavy atom. The smallest absolute Gasteiger partial charge is 0.296 e. The SMILES string of the molecule is CN1C(=O)/C(=C/c2cccc(-c3cc(C(F)(F)F)cc(C(F)(F)F)c3)n2)SC1=S. The van der Waals surface area contributed by atoms with Crippen LogP contribution in [0.15, 0.2) is 41.3 Å². The molecule has 3 rings (SSSR count). The highest BCUT2D eigenvalue weighted by molar-refractivity contribution is 8.26. The zero-order valence-corrected chi connectivity index (χ0v) is 16.1. The Bertz CT molecular complexity index is 997. The number of likely N-dealkylation sites (N-methyl/N-ethyl adjacent to an activating group) is 1. The number of rotatable bonds is 2. The molecule has 0 bridgehead atoms. The van der Waals surface area contributed by atoms with Gasteiger partial charge in [-0.2, -0.15) is 26.3 Å². The zero-order chi connectivity index (χ0) is 21.6. The summed E-state index contributed by atoms with van der Waals surface area (Å²) in [6.07, 6.45) is -8.53. The Labute approximate surface area is 170 Å². The van der Waals surface area contributed by atoms with E-state index >= 15 is 0 Å². The molecule has 1 amide bonds. The minimum atomic E-state index is -4.96. The van der Waals surface area contributed by atoms with E-state index < -0.39 is 23.5 Å².